The highest BCUT2D eigenvalue weighted by molar-refractivity contribution is 6.33. The van der Waals surface area contributed by atoms with Crippen molar-refractivity contribution in [2.45, 2.75) is 90.1 Å². The van der Waals surface area contributed by atoms with Crippen LogP contribution in [0.3, 0.4) is 0 Å². The van der Waals surface area contributed by atoms with E-state index >= 15 is 0 Å². The van der Waals surface area contributed by atoms with Gasteiger partial charge in [-0.2, -0.15) is 0 Å². The number of likely N-dealkylation sites (N-methyl/N-ethyl adjacent to an activating group) is 2. The van der Waals surface area contributed by atoms with Gasteiger partial charge in [0.05, 0.1) is 118 Å². The summed E-state index contributed by atoms with van der Waals surface area (Å²) in [7, 11) is 8.83. The highest BCUT2D eigenvalue weighted by Crippen LogP contribution is 2.23. The number of hydrogen-bond acceptors (Lipinski definition) is 15. The Morgan fingerprint density at radius 3 is 1.38 bits per heavy atom. The van der Waals surface area contributed by atoms with Crippen molar-refractivity contribution in [2.24, 2.45) is 0 Å². The lowest BCUT2D eigenvalue weighted by Gasteiger charge is -2.38. The van der Waals surface area contributed by atoms with E-state index in [0.29, 0.717) is 134 Å². The molecule has 12 N–H and O–H groups in total. The Morgan fingerprint density at radius 2 is 0.931 bits per heavy atom. The van der Waals surface area contributed by atoms with Crippen molar-refractivity contribution >= 4 is 64.4 Å². The van der Waals surface area contributed by atoms with Crippen molar-refractivity contribution in [1.29, 1.82) is 0 Å². The molecule has 0 aliphatic carbocycles. The Morgan fingerprint density at radius 1 is 0.506 bits per heavy atom. The number of amides is 6. The van der Waals surface area contributed by atoms with E-state index in [4.69, 9.17) is 68.8 Å². The molecular weight excluding hydrogens is 1160 g/mol. The molecule has 1 unspecified atom stereocenters. The fourth-order valence-corrected chi connectivity index (χ4v) is 9.84. The van der Waals surface area contributed by atoms with Crippen LogP contribution in [0.15, 0.2) is 66.7 Å². The van der Waals surface area contributed by atoms with Crippen molar-refractivity contribution in [1.82, 2.24) is 41.9 Å². The fourth-order valence-electron chi connectivity index (χ4n) is 9.53. The lowest BCUT2D eigenvalue weighted by Crippen LogP contribution is -2.54. The van der Waals surface area contributed by atoms with Gasteiger partial charge in [-0.25, -0.2) is 19.6 Å². The summed E-state index contributed by atoms with van der Waals surface area (Å²) in [5, 5.41) is 17.6. The van der Waals surface area contributed by atoms with Crippen LogP contribution in [-0.4, -0.2) is 202 Å². The molecule has 0 spiro atoms. The van der Waals surface area contributed by atoms with E-state index in [1.807, 2.05) is 24.3 Å². The molecule has 4 rings (SSSR count). The highest BCUT2D eigenvalue weighted by atomic mass is 35.5. The Kier molecular flexibility index (Phi) is 34.3. The van der Waals surface area contributed by atoms with Gasteiger partial charge in [0, 0.05) is 57.4 Å². The maximum absolute atomic E-state index is 12.9. The molecule has 1 aromatic heterocycles. The van der Waals surface area contributed by atoms with E-state index in [-0.39, 0.29) is 52.5 Å². The van der Waals surface area contributed by atoms with E-state index in [1.54, 1.807) is 18.2 Å². The molecule has 0 saturated carbocycles. The van der Waals surface area contributed by atoms with Gasteiger partial charge >= 0.3 is 12.1 Å². The Balaban J connectivity index is 0.886. The van der Waals surface area contributed by atoms with Crippen LogP contribution >= 0.6 is 23.2 Å². The van der Waals surface area contributed by atoms with Crippen molar-refractivity contribution in [3.8, 4) is 11.5 Å². The van der Waals surface area contributed by atoms with Crippen LogP contribution in [-0.2, 0) is 31.8 Å². The summed E-state index contributed by atoms with van der Waals surface area (Å²) >= 11 is 12.1. The number of carbonyl (C=O) groups is 4. The minimum atomic E-state index is -0.431. The maximum Gasteiger partial charge on any atom is 0.314 e. The molecule has 2 atom stereocenters. The second kappa shape index (κ2) is 40.9. The van der Waals surface area contributed by atoms with Crippen LogP contribution in [0.25, 0.3) is 0 Å². The van der Waals surface area contributed by atoms with E-state index in [0.717, 1.165) is 84.9 Å². The molecule has 0 fully saturated rings. The summed E-state index contributed by atoms with van der Waals surface area (Å²) in [6, 6.07) is 21.1. The SMILES string of the molecule is CCCC(CNC(=O)c1ccc(N)c(Cl)c1)[N+](C)(C)CCCc1ccc(OCCOCCOCCNC(=O)NCCCCNC(=O)NCCOCCOCCOc2ccc(CCC[N+](C)(C)[C@@H](CCC)CNC(=O)c3nc(Cl)c(N)nc3N)cc2)cc1. The summed E-state index contributed by atoms with van der Waals surface area (Å²) < 4.78 is 35.7. The third-order valence-corrected chi connectivity index (χ3v) is 15.4. The molecule has 6 amide bonds. The second-order valence-electron chi connectivity index (χ2n) is 22.4. The summed E-state index contributed by atoms with van der Waals surface area (Å²) in [6.07, 6.45) is 9.17. The molecular formula is C62H99Cl2N13O10+2. The van der Waals surface area contributed by atoms with E-state index in [1.165, 1.54) is 11.1 Å². The summed E-state index contributed by atoms with van der Waals surface area (Å²) in [6.45, 7) is 12.9. The molecule has 484 valence electrons. The van der Waals surface area contributed by atoms with Crippen LogP contribution in [0, 0.1) is 0 Å². The number of quaternary nitrogens is 2. The number of nitrogens with two attached hydrogens (primary N) is 3. The number of nitrogen functional groups attached to an aromatic ring is 3. The zero-order chi connectivity index (χ0) is 63.3. The summed E-state index contributed by atoms with van der Waals surface area (Å²) in [5.74, 6) is 0.902. The number of urea groups is 2. The van der Waals surface area contributed by atoms with Gasteiger partial charge in [-0.15, -0.1) is 0 Å². The molecule has 0 aliphatic rings. The largest absolute Gasteiger partial charge is 0.491 e. The van der Waals surface area contributed by atoms with E-state index in [2.05, 4.69) is 108 Å². The number of hydrogen-bond donors (Lipinski definition) is 9. The summed E-state index contributed by atoms with van der Waals surface area (Å²) in [5.41, 5.74) is 20.7. The number of carbonyl (C=O) groups excluding carboxylic acids is 4. The molecule has 87 heavy (non-hydrogen) atoms. The number of anilines is 3. The van der Waals surface area contributed by atoms with Gasteiger partial charge in [0.25, 0.3) is 11.8 Å². The molecule has 0 saturated heterocycles. The van der Waals surface area contributed by atoms with Gasteiger partial charge < -0.3 is 86.5 Å². The van der Waals surface area contributed by atoms with Crippen molar-refractivity contribution in [3.63, 3.8) is 0 Å². The minimum absolute atomic E-state index is 0.0170. The first-order valence-electron chi connectivity index (χ1n) is 30.4. The van der Waals surface area contributed by atoms with Gasteiger partial charge in [-0.05, 0) is 79.3 Å². The number of nitrogens with zero attached hydrogens (tertiary/aromatic N) is 4. The van der Waals surface area contributed by atoms with Gasteiger partial charge in [0.1, 0.15) is 36.8 Å². The first kappa shape index (κ1) is 73.0. The molecule has 23 nitrogen and oxygen atoms in total. The Bertz CT molecular complexity index is 2640. The Labute approximate surface area is 525 Å². The Hall–Kier alpha value is -6.44. The van der Waals surface area contributed by atoms with Crippen LogP contribution < -0.4 is 58.6 Å². The van der Waals surface area contributed by atoms with Crippen LogP contribution in [0.5, 0.6) is 11.5 Å². The molecule has 0 bridgehead atoms. The number of nitrogens with one attached hydrogen (secondary N) is 6. The topological polar surface area (TPSA) is 300 Å². The van der Waals surface area contributed by atoms with Crippen molar-refractivity contribution in [2.75, 3.05) is 164 Å². The molecule has 0 aliphatic heterocycles. The normalized spacial score (nSPS) is 12.2. The average molecular weight is 1260 g/mol. The average Bonchev–Trinajstić information content (AvgIpc) is 3.42. The number of aromatic nitrogens is 2. The van der Waals surface area contributed by atoms with Crippen LogP contribution in [0.1, 0.15) is 97.2 Å². The lowest BCUT2D eigenvalue weighted by atomic mass is 10.1. The maximum atomic E-state index is 12.9. The van der Waals surface area contributed by atoms with E-state index in [9.17, 15) is 19.2 Å². The first-order chi connectivity index (χ1) is 41.8. The number of rotatable bonds is 45. The molecule has 4 aromatic rings. The molecule has 25 heteroatoms. The van der Waals surface area contributed by atoms with Gasteiger partial charge in [-0.1, -0.05) is 74.2 Å². The number of benzene rings is 3. The standard InChI is InChI=1S/C62H97Cl2N13O10/c1-7-13-49(44-72-59(78)48-21-26-54(65)53(63)43-48)76(3,4)31-11-15-46-17-22-51(23-18-46)86-41-39-84-37-35-82-33-29-70-61(80)68-27-9-10-28-69-62(81)71-30-34-83-36-38-85-40-42-87-52-24-19-47(20-25-52)16-12-32-77(5,6)50(14-8-2)45-73-60(79)55-57(66)75-58(67)56(64)74-55/h17-26,43,49-50H,7-16,27-42,44-45H2,1-6H3,(H10-2,65,66,67,68,69,70,71,72,73,75,78,79,80,81)/p+2/t49?,50-/m0/s1. The zero-order valence-corrected chi connectivity index (χ0v) is 53.7. The molecule has 3 aromatic carbocycles. The number of unbranched alkanes of at least 4 members (excludes halogenated alkanes) is 1. The molecule has 1 heterocycles. The number of aryl methyl sites for hydroxylation is 2. The fraction of sp³-hybridized carbons (Fsp3) is 0.581. The first-order valence-corrected chi connectivity index (χ1v) is 31.2. The predicted molar refractivity (Wildman–Crippen MR) is 344 cm³/mol. The summed E-state index contributed by atoms with van der Waals surface area (Å²) in [4.78, 5) is 57.9. The van der Waals surface area contributed by atoms with Gasteiger partial charge in [0.15, 0.2) is 22.5 Å². The zero-order valence-electron chi connectivity index (χ0n) is 52.2. The van der Waals surface area contributed by atoms with Crippen LogP contribution in [0.4, 0.5) is 26.9 Å². The van der Waals surface area contributed by atoms with Gasteiger partial charge in [0.2, 0.25) is 0 Å². The van der Waals surface area contributed by atoms with E-state index < -0.39 is 5.91 Å². The predicted octanol–water partition coefficient (Wildman–Crippen LogP) is 6.65. The van der Waals surface area contributed by atoms with Gasteiger partial charge in [-0.3, -0.25) is 9.59 Å². The number of halogens is 2. The lowest BCUT2D eigenvalue weighted by molar-refractivity contribution is -0.914. The third kappa shape index (κ3) is 29.4. The van der Waals surface area contributed by atoms with Crippen LogP contribution in [0.2, 0.25) is 10.2 Å². The second-order valence-corrected chi connectivity index (χ2v) is 23.2. The van der Waals surface area contributed by atoms with Crippen molar-refractivity contribution < 1.29 is 56.6 Å². The quantitative estimate of drug-likeness (QED) is 0.0127. The monoisotopic (exact) mass is 1260 g/mol. The minimum Gasteiger partial charge on any atom is -0.491 e. The third-order valence-electron chi connectivity index (χ3n) is 14.8. The molecule has 0 radical (unpaired) electrons. The number of ether oxygens (including phenoxy) is 6. The highest BCUT2D eigenvalue weighted by Gasteiger charge is 2.30. The smallest absolute Gasteiger partial charge is 0.314 e. The van der Waals surface area contributed by atoms with Crippen molar-refractivity contribution in [3.05, 3.63) is 99.3 Å².